The topological polar surface area (TPSA) is 41.5 Å². The van der Waals surface area contributed by atoms with Crippen LogP contribution in [0.1, 0.15) is 26.3 Å². The third kappa shape index (κ3) is 4.44. The second-order valence-corrected chi connectivity index (χ2v) is 5.14. The summed E-state index contributed by atoms with van der Waals surface area (Å²) in [4.78, 5) is 0. The van der Waals surface area contributed by atoms with Gasteiger partial charge in [-0.15, -0.1) is 0 Å². The molecule has 0 spiro atoms. The maximum absolute atomic E-state index is 12.4. The Kier molecular flexibility index (Phi) is 5.69. The standard InChI is InChI=1S/C14H21F2NO2/c1-10(2)8-17-14(3,9-18)11-6-4-5-7-12(11)19-13(15)16/h4-7,10,13,17-18H,8-9H2,1-3H3. The molecule has 2 N–H and O–H groups in total. The van der Waals surface area contributed by atoms with Crippen LogP contribution in [0.25, 0.3) is 0 Å². The van der Waals surface area contributed by atoms with Gasteiger partial charge in [-0.3, -0.25) is 0 Å². The number of rotatable bonds is 7. The predicted octanol–water partition coefficient (Wildman–Crippen LogP) is 2.74. The van der Waals surface area contributed by atoms with Gasteiger partial charge in [-0.1, -0.05) is 32.0 Å². The lowest BCUT2D eigenvalue weighted by molar-refractivity contribution is -0.0515. The number of aliphatic hydroxyl groups excluding tert-OH is 1. The highest BCUT2D eigenvalue weighted by Crippen LogP contribution is 2.30. The number of ether oxygens (including phenoxy) is 1. The molecule has 0 aliphatic rings. The summed E-state index contributed by atoms with van der Waals surface area (Å²) >= 11 is 0. The zero-order valence-corrected chi connectivity index (χ0v) is 11.5. The van der Waals surface area contributed by atoms with Gasteiger partial charge in [-0.2, -0.15) is 8.78 Å². The van der Waals surface area contributed by atoms with Crippen molar-refractivity contribution in [1.29, 1.82) is 0 Å². The van der Waals surface area contributed by atoms with Crippen LogP contribution in [0, 0.1) is 5.92 Å². The lowest BCUT2D eigenvalue weighted by Crippen LogP contribution is -2.44. The lowest BCUT2D eigenvalue weighted by atomic mass is 9.91. The molecule has 19 heavy (non-hydrogen) atoms. The van der Waals surface area contributed by atoms with Crippen molar-refractivity contribution in [3.05, 3.63) is 29.8 Å². The van der Waals surface area contributed by atoms with Crippen molar-refractivity contribution in [2.45, 2.75) is 32.9 Å². The second-order valence-electron chi connectivity index (χ2n) is 5.14. The molecular formula is C14H21F2NO2. The van der Waals surface area contributed by atoms with Crippen molar-refractivity contribution in [3.63, 3.8) is 0 Å². The zero-order chi connectivity index (χ0) is 14.5. The van der Waals surface area contributed by atoms with Crippen LogP contribution in [0.3, 0.4) is 0 Å². The van der Waals surface area contributed by atoms with Gasteiger partial charge in [0.05, 0.1) is 12.1 Å². The number of para-hydroxylation sites is 1. The first-order valence-electron chi connectivity index (χ1n) is 6.29. The van der Waals surface area contributed by atoms with E-state index in [4.69, 9.17) is 0 Å². The van der Waals surface area contributed by atoms with Crippen LogP contribution < -0.4 is 10.1 Å². The van der Waals surface area contributed by atoms with Crippen LogP contribution in [0.15, 0.2) is 24.3 Å². The number of halogens is 2. The lowest BCUT2D eigenvalue weighted by Gasteiger charge is -2.31. The van der Waals surface area contributed by atoms with Crippen LogP contribution in [0.5, 0.6) is 5.75 Å². The van der Waals surface area contributed by atoms with Gasteiger partial charge in [-0.25, -0.2) is 0 Å². The highest BCUT2D eigenvalue weighted by Gasteiger charge is 2.29. The third-order valence-corrected chi connectivity index (χ3v) is 2.91. The molecule has 1 aromatic carbocycles. The molecule has 0 radical (unpaired) electrons. The van der Waals surface area contributed by atoms with Gasteiger partial charge in [-0.05, 0) is 25.5 Å². The summed E-state index contributed by atoms with van der Waals surface area (Å²) in [6, 6.07) is 6.52. The van der Waals surface area contributed by atoms with E-state index in [0.29, 0.717) is 18.0 Å². The van der Waals surface area contributed by atoms with E-state index in [2.05, 4.69) is 10.1 Å². The number of alkyl halides is 2. The molecular weight excluding hydrogens is 252 g/mol. The van der Waals surface area contributed by atoms with Crippen molar-refractivity contribution in [1.82, 2.24) is 5.32 Å². The number of hydrogen-bond acceptors (Lipinski definition) is 3. The van der Waals surface area contributed by atoms with E-state index in [0.717, 1.165) is 0 Å². The minimum Gasteiger partial charge on any atom is -0.434 e. The molecule has 0 bridgehead atoms. The zero-order valence-electron chi connectivity index (χ0n) is 11.5. The van der Waals surface area contributed by atoms with Crippen molar-refractivity contribution >= 4 is 0 Å². The molecule has 0 heterocycles. The molecule has 5 heteroatoms. The molecule has 0 saturated carbocycles. The molecule has 3 nitrogen and oxygen atoms in total. The van der Waals surface area contributed by atoms with Crippen LogP contribution >= 0.6 is 0 Å². The number of aliphatic hydroxyl groups is 1. The first-order chi connectivity index (χ1) is 8.89. The van der Waals surface area contributed by atoms with Gasteiger partial charge in [0.1, 0.15) is 5.75 Å². The smallest absolute Gasteiger partial charge is 0.387 e. The van der Waals surface area contributed by atoms with E-state index in [1.165, 1.54) is 6.07 Å². The molecule has 0 saturated heterocycles. The van der Waals surface area contributed by atoms with Gasteiger partial charge in [0.25, 0.3) is 0 Å². The van der Waals surface area contributed by atoms with E-state index >= 15 is 0 Å². The fourth-order valence-corrected chi connectivity index (χ4v) is 1.79. The van der Waals surface area contributed by atoms with Crippen LogP contribution in [-0.2, 0) is 5.54 Å². The Balaban J connectivity index is 3.02. The Morgan fingerprint density at radius 3 is 2.47 bits per heavy atom. The second kappa shape index (κ2) is 6.82. The highest BCUT2D eigenvalue weighted by molar-refractivity contribution is 5.39. The van der Waals surface area contributed by atoms with E-state index in [1.54, 1.807) is 25.1 Å². The first kappa shape index (κ1) is 15.9. The van der Waals surface area contributed by atoms with Gasteiger partial charge in [0.2, 0.25) is 0 Å². The number of benzene rings is 1. The molecule has 108 valence electrons. The normalized spacial score (nSPS) is 14.7. The minimum absolute atomic E-state index is 0.0882. The maximum Gasteiger partial charge on any atom is 0.387 e. The SMILES string of the molecule is CC(C)CNC(C)(CO)c1ccccc1OC(F)F. The van der Waals surface area contributed by atoms with Crippen molar-refractivity contribution < 1.29 is 18.6 Å². The van der Waals surface area contributed by atoms with Crippen molar-refractivity contribution in [3.8, 4) is 5.75 Å². The molecule has 0 aliphatic heterocycles. The van der Waals surface area contributed by atoms with Gasteiger partial charge < -0.3 is 15.2 Å². The van der Waals surface area contributed by atoms with Crippen LogP contribution in [0.4, 0.5) is 8.78 Å². The molecule has 0 aromatic heterocycles. The average Bonchev–Trinajstić information content (AvgIpc) is 2.36. The summed E-state index contributed by atoms with van der Waals surface area (Å²) in [6.45, 7) is 3.42. The molecule has 1 aromatic rings. The largest absolute Gasteiger partial charge is 0.434 e. The van der Waals surface area contributed by atoms with Crippen LogP contribution in [0.2, 0.25) is 0 Å². The molecule has 0 aliphatic carbocycles. The van der Waals surface area contributed by atoms with Crippen molar-refractivity contribution in [2.75, 3.05) is 13.2 Å². The number of nitrogens with one attached hydrogen (secondary N) is 1. The molecule has 1 atom stereocenters. The highest BCUT2D eigenvalue weighted by atomic mass is 19.3. The Bertz CT molecular complexity index is 399. The first-order valence-corrected chi connectivity index (χ1v) is 6.29. The molecule has 0 amide bonds. The summed E-state index contributed by atoms with van der Waals surface area (Å²) in [5.41, 5.74) is -0.283. The Labute approximate surface area is 112 Å². The van der Waals surface area contributed by atoms with Gasteiger partial charge >= 0.3 is 6.61 Å². The summed E-state index contributed by atoms with van der Waals surface area (Å²) in [5.74, 6) is 0.472. The average molecular weight is 273 g/mol. The summed E-state index contributed by atoms with van der Waals surface area (Å²) < 4.78 is 29.3. The van der Waals surface area contributed by atoms with Crippen LogP contribution in [-0.4, -0.2) is 24.9 Å². The van der Waals surface area contributed by atoms with E-state index in [1.807, 2.05) is 13.8 Å². The Hall–Kier alpha value is -1.20. The summed E-state index contributed by atoms with van der Waals surface area (Å²) in [6.07, 6.45) is 0. The van der Waals surface area contributed by atoms with E-state index < -0.39 is 12.2 Å². The number of hydrogen-bond donors (Lipinski definition) is 2. The molecule has 0 fully saturated rings. The summed E-state index contributed by atoms with van der Waals surface area (Å²) in [5, 5.41) is 12.8. The summed E-state index contributed by atoms with van der Waals surface area (Å²) in [7, 11) is 0. The molecule has 1 unspecified atom stereocenters. The fraction of sp³-hybridized carbons (Fsp3) is 0.571. The minimum atomic E-state index is -2.88. The maximum atomic E-state index is 12.4. The quantitative estimate of drug-likeness (QED) is 0.802. The predicted molar refractivity (Wildman–Crippen MR) is 70.4 cm³/mol. The molecule has 1 rings (SSSR count). The monoisotopic (exact) mass is 273 g/mol. The Morgan fingerprint density at radius 2 is 1.95 bits per heavy atom. The fourth-order valence-electron chi connectivity index (χ4n) is 1.79. The third-order valence-electron chi connectivity index (χ3n) is 2.91. The van der Waals surface area contributed by atoms with E-state index in [9.17, 15) is 13.9 Å². The van der Waals surface area contributed by atoms with E-state index in [-0.39, 0.29) is 12.4 Å². The van der Waals surface area contributed by atoms with Gasteiger partial charge in [0.15, 0.2) is 0 Å². The Morgan fingerprint density at radius 1 is 1.32 bits per heavy atom. The van der Waals surface area contributed by atoms with Gasteiger partial charge in [0, 0.05) is 5.56 Å². The van der Waals surface area contributed by atoms with Crippen molar-refractivity contribution in [2.24, 2.45) is 5.92 Å².